The van der Waals surface area contributed by atoms with Crippen LogP contribution in [0.1, 0.15) is 29.2 Å². The SMILES string of the molecule is Cc1cc(C)cc(OCC(=O)N[C@@H]2CCOc3ccccc32)c1. The third-order valence-corrected chi connectivity index (χ3v) is 3.86. The first-order chi connectivity index (χ1) is 11.1. The zero-order valence-corrected chi connectivity index (χ0v) is 13.5. The van der Waals surface area contributed by atoms with Crippen LogP contribution in [-0.4, -0.2) is 19.1 Å². The van der Waals surface area contributed by atoms with Crippen LogP contribution in [0.4, 0.5) is 0 Å². The Morgan fingerprint density at radius 1 is 1.22 bits per heavy atom. The lowest BCUT2D eigenvalue weighted by Gasteiger charge is -2.26. The van der Waals surface area contributed by atoms with Crippen LogP contribution in [0.2, 0.25) is 0 Å². The van der Waals surface area contributed by atoms with Gasteiger partial charge < -0.3 is 14.8 Å². The number of carbonyl (C=O) groups excluding carboxylic acids is 1. The van der Waals surface area contributed by atoms with Crippen LogP contribution in [-0.2, 0) is 4.79 Å². The lowest BCUT2D eigenvalue weighted by Crippen LogP contribution is -2.35. The normalized spacial score (nSPS) is 16.2. The predicted octanol–water partition coefficient (Wildman–Crippen LogP) is 3.32. The van der Waals surface area contributed by atoms with E-state index in [-0.39, 0.29) is 18.6 Å². The van der Waals surface area contributed by atoms with Crippen molar-refractivity contribution in [2.45, 2.75) is 26.3 Å². The molecule has 0 saturated heterocycles. The Kier molecular flexibility index (Phi) is 4.51. The fourth-order valence-electron chi connectivity index (χ4n) is 2.89. The first-order valence-corrected chi connectivity index (χ1v) is 7.84. The molecule has 2 aromatic rings. The van der Waals surface area contributed by atoms with Crippen LogP contribution < -0.4 is 14.8 Å². The van der Waals surface area contributed by atoms with Gasteiger partial charge >= 0.3 is 0 Å². The second-order valence-corrected chi connectivity index (χ2v) is 5.91. The fraction of sp³-hybridized carbons (Fsp3) is 0.316. The maximum absolute atomic E-state index is 12.2. The molecule has 0 fully saturated rings. The molecule has 0 saturated carbocycles. The van der Waals surface area contributed by atoms with E-state index < -0.39 is 0 Å². The summed E-state index contributed by atoms with van der Waals surface area (Å²) in [6, 6.07) is 13.7. The molecule has 0 aliphatic carbocycles. The molecule has 0 aromatic heterocycles. The Morgan fingerprint density at radius 2 is 1.96 bits per heavy atom. The average Bonchev–Trinajstić information content (AvgIpc) is 2.52. The van der Waals surface area contributed by atoms with Gasteiger partial charge in [0.2, 0.25) is 0 Å². The first kappa shape index (κ1) is 15.4. The van der Waals surface area contributed by atoms with Crippen LogP contribution in [0.3, 0.4) is 0 Å². The summed E-state index contributed by atoms with van der Waals surface area (Å²) >= 11 is 0. The molecule has 1 aliphatic rings. The van der Waals surface area contributed by atoms with Crippen molar-refractivity contribution in [1.29, 1.82) is 0 Å². The summed E-state index contributed by atoms with van der Waals surface area (Å²) < 4.78 is 11.2. The van der Waals surface area contributed by atoms with Gasteiger partial charge in [0.1, 0.15) is 11.5 Å². The maximum atomic E-state index is 12.2. The minimum Gasteiger partial charge on any atom is -0.493 e. The standard InChI is InChI=1S/C19H21NO3/c1-13-9-14(2)11-15(10-13)23-12-19(21)20-17-7-8-22-18-6-4-3-5-16(17)18/h3-6,9-11,17H,7-8,12H2,1-2H3,(H,20,21)/t17-/m1/s1. The molecule has 4 heteroatoms. The van der Waals surface area contributed by atoms with Gasteiger partial charge in [-0.3, -0.25) is 4.79 Å². The maximum Gasteiger partial charge on any atom is 0.258 e. The number of rotatable bonds is 4. The van der Waals surface area contributed by atoms with Gasteiger partial charge in [-0.05, 0) is 43.2 Å². The monoisotopic (exact) mass is 311 g/mol. The summed E-state index contributed by atoms with van der Waals surface area (Å²) in [7, 11) is 0. The Bertz CT molecular complexity index is 691. The van der Waals surface area contributed by atoms with Crippen molar-refractivity contribution in [2.75, 3.05) is 13.2 Å². The number of benzene rings is 2. The number of nitrogens with one attached hydrogen (secondary N) is 1. The third kappa shape index (κ3) is 3.83. The zero-order chi connectivity index (χ0) is 16.2. The highest BCUT2D eigenvalue weighted by Gasteiger charge is 2.22. The molecule has 1 atom stereocenters. The smallest absolute Gasteiger partial charge is 0.258 e. The molecule has 4 nitrogen and oxygen atoms in total. The summed E-state index contributed by atoms with van der Waals surface area (Å²) in [5, 5.41) is 3.03. The van der Waals surface area contributed by atoms with Crippen LogP contribution >= 0.6 is 0 Å². The van der Waals surface area contributed by atoms with Crippen LogP contribution in [0, 0.1) is 13.8 Å². The molecule has 2 aromatic carbocycles. The van der Waals surface area contributed by atoms with E-state index in [2.05, 4.69) is 11.4 Å². The molecule has 0 radical (unpaired) electrons. The summed E-state index contributed by atoms with van der Waals surface area (Å²) in [5.41, 5.74) is 3.27. The summed E-state index contributed by atoms with van der Waals surface area (Å²) in [4.78, 5) is 12.2. The van der Waals surface area contributed by atoms with E-state index in [0.29, 0.717) is 6.61 Å². The highest BCUT2D eigenvalue weighted by Crippen LogP contribution is 2.31. The van der Waals surface area contributed by atoms with E-state index in [4.69, 9.17) is 9.47 Å². The quantitative estimate of drug-likeness (QED) is 0.942. The number of para-hydroxylation sites is 1. The molecular formula is C19H21NO3. The minimum absolute atomic E-state index is 0.0163. The second kappa shape index (κ2) is 6.73. The van der Waals surface area contributed by atoms with Crippen molar-refractivity contribution in [3.8, 4) is 11.5 Å². The summed E-state index contributed by atoms with van der Waals surface area (Å²) in [6.07, 6.45) is 0.770. The second-order valence-electron chi connectivity index (χ2n) is 5.91. The van der Waals surface area contributed by atoms with Crippen molar-refractivity contribution in [3.05, 3.63) is 59.2 Å². The molecule has 1 N–H and O–H groups in total. The van der Waals surface area contributed by atoms with Crippen LogP contribution in [0.5, 0.6) is 11.5 Å². The van der Waals surface area contributed by atoms with Gasteiger partial charge in [0, 0.05) is 12.0 Å². The highest BCUT2D eigenvalue weighted by molar-refractivity contribution is 5.78. The van der Waals surface area contributed by atoms with Crippen LogP contribution in [0.25, 0.3) is 0 Å². The van der Waals surface area contributed by atoms with E-state index in [1.54, 1.807) is 0 Å². The Hall–Kier alpha value is -2.49. The van der Waals surface area contributed by atoms with E-state index in [1.165, 1.54) is 0 Å². The Labute approximate surface area is 136 Å². The largest absolute Gasteiger partial charge is 0.493 e. The zero-order valence-electron chi connectivity index (χ0n) is 13.5. The van der Waals surface area contributed by atoms with E-state index in [9.17, 15) is 4.79 Å². The van der Waals surface area contributed by atoms with Gasteiger partial charge in [-0.15, -0.1) is 0 Å². The van der Waals surface area contributed by atoms with Crippen LogP contribution in [0.15, 0.2) is 42.5 Å². The summed E-state index contributed by atoms with van der Waals surface area (Å²) in [6.45, 7) is 4.65. The molecule has 23 heavy (non-hydrogen) atoms. The first-order valence-electron chi connectivity index (χ1n) is 7.84. The number of carbonyl (C=O) groups is 1. The Balaban J connectivity index is 1.60. The van der Waals surface area contributed by atoms with E-state index in [1.807, 2.05) is 50.2 Å². The lowest BCUT2D eigenvalue weighted by molar-refractivity contribution is -0.124. The number of amides is 1. The van der Waals surface area contributed by atoms with Crippen molar-refractivity contribution in [3.63, 3.8) is 0 Å². The molecule has 0 unspecified atom stereocenters. The number of hydrogen-bond acceptors (Lipinski definition) is 3. The number of aryl methyl sites for hydroxylation is 2. The number of hydrogen-bond donors (Lipinski definition) is 1. The minimum atomic E-state index is -0.120. The predicted molar refractivity (Wildman–Crippen MR) is 88.8 cm³/mol. The van der Waals surface area contributed by atoms with Gasteiger partial charge in [-0.1, -0.05) is 24.3 Å². The molecule has 1 aliphatic heterocycles. The molecule has 0 bridgehead atoms. The summed E-state index contributed by atoms with van der Waals surface area (Å²) in [5.74, 6) is 1.45. The van der Waals surface area contributed by atoms with Crippen molar-refractivity contribution in [1.82, 2.24) is 5.32 Å². The number of fused-ring (bicyclic) bond motifs is 1. The van der Waals surface area contributed by atoms with E-state index >= 15 is 0 Å². The molecule has 3 rings (SSSR count). The molecule has 1 amide bonds. The van der Waals surface area contributed by atoms with Gasteiger partial charge in [0.25, 0.3) is 5.91 Å². The van der Waals surface area contributed by atoms with Crippen molar-refractivity contribution < 1.29 is 14.3 Å². The lowest BCUT2D eigenvalue weighted by atomic mass is 10.0. The highest BCUT2D eigenvalue weighted by atomic mass is 16.5. The topological polar surface area (TPSA) is 47.6 Å². The Morgan fingerprint density at radius 3 is 2.74 bits per heavy atom. The van der Waals surface area contributed by atoms with Crippen molar-refractivity contribution >= 4 is 5.91 Å². The van der Waals surface area contributed by atoms with Gasteiger partial charge in [-0.2, -0.15) is 0 Å². The van der Waals surface area contributed by atoms with Gasteiger partial charge in [0.05, 0.1) is 12.6 Å². The van der Waals surface area contributed by atoms with Crippen molar-refractivity contribution in [2.24, 2.45) is 0 Å². The van der Waals surface area contributed by atoms with Gasteiger partial charge in [-0.25, -0.2) is 0 Å². The molecule has 0 spiro atoms. The average molecular weight is 311 g/mol. The number of ether oxygens (including phenoxy) is 2. The molecular weight excluding hydrogens is 290 g/mol. The molecule has 120 valence electrons. The molecule has 1 heterocycles. The van der Waals surface area contributed by atoms with Gasteiger partial charge in [0.15, 0.2) is 6.61 Å². The fourth-order valence-corrected chi connectivity index (χ4v) is 2.89. The third-order valence-electron chi connectivity index (χ3n) is 3.86. The van der Waals surface area contributed by atoms with E-state index in [0.717, 1.165) is 34.6 Å².